The largest absolute Gasteiger partial charge is 0.467 e. The lowest BCUT2D eigenvalue weighted by molar-refractivity contribution is -0.144. The highest BCUT2D eigenvalue weighted by atomic mass is 79.9. The van der Waals surface area contributed by atoms with Gasteiger partial charge >= 0.3 is 5.97 Å². The number of esters is 1. The van der Waals surface area contributed by atoms with E-state index < -0.39 is 17.9 Å². The minimum absolute atomic E-state index is 0.0149. The van der Waals surface area contributed by atoms with Crippen LogP contribution in [-0.4, -0.2) is 30.0 Å². The quantitative estimate of drug-likeness (QED) is 0.841. The van der Waals surface area contributed by atoms with Crippen LogP contribution in [0.1, 0.15) is 30.8 Å². The maximum absolute atomic E-state index is 12.1. The standard InChI is InChI=1S/C13H17BrN2O3/c1-4-8(2)10(13(18)19-3)16-12(17)11-9(14)6-5-7-15-11/h5-8,10H,4H2,1-3H3,(H,16,17). The van der Waals surface area contributed by atoms with E-state index in [1.807, 2.05) is 13.8 Å². The van der Waals surface area contributed by atoms with Gasteiger partial charge in [-0.1, -0.05) is 20.3 Å². The van der Waals surface area contributed by atoms with E-state index in [1.165, 1.54) is 13.3 Å². The van der Waals surface area contributed by atoms with Gasteiger partial charge in [0.05, 0.1) is 7.11 Å². The van der Waals surface area contributed by atoms with Crippen LogP contribution in [0.2, 0.25) is 0 Å². The normalized spacial score (nSPS) is 13.5. The molecular formula is C13H17BrN2O3. The van der Waals surface area contributed by atoms with Gasteiger partial charge in [-0.25, -0.2) is 9.78 Å². The summed E-state index contributed by atoms with van der Waals surface area (Å²) in [6, 6.07) is 2.77. The highest BCUT2D eigenvalue weighted by Crippen LogP contribution is 2.15. The zero-order chi connectivity index (χ0) is 14.4. The zero-order valence-corrected chi connectivity index (χ0v) is 12.7. The van der Waals surface area contributed by atoms with Crippen LogP contribution in [-0.2, 0) is 9.53 Å². The Bertz CT molecular complexity index is 465. The molecule has 0 spiro atoms. The summed E-state index contributed by atoms with van der Waals surface area (Å²) in [6.45, 7) is 3.83. The molecule has 0 aromatic carbocycles. The molecule has 104 valence electrons. The first-order valence-electron chi connectivity index (χ1n) is 6.00. The monoisotopic (exact) mass is 328 g/mol. The number of nitrogens with one attached hydrogen (secondary N) is 1. The SMILES string of the molecule is CCC(C)C(NC(=O)c1ncccc1Br)C(=O)OC. The molecule has 0 aliphatic carbocycles. The van der Waals surface area contributed by atoms with Gasteiger partial charge in [-0.15, -0.1) is 0 Å². The Labute approximate surface area is 120 Å². The predicted molar refractivity (Wildman–Crippen MR) is 74.7 cm³/mol. The lowest BCUT2D eigenvalue weighted by Crippen LogP contribution is -2.46. The smallest absolute Gasteiger partial charge is 0.328 e. The number of hydrogen-bond acceptors (Lipinski definition) is 4. The van der Waals surface area contributed by atoms with Crippen LogP contribution in [0.15, 0.2) is 22.8 Å². The maximum atomic E-state index is 12.1. The topological polar surface area (TPSA) is 68.3 Å². The Morgan fingerprint density at radius 2 is 2.21 bits per heavy atom. The van der Waals surface area contributed by atoms with E-state index in [1.54, 1.807) is 12.1 Å². The van der Waals surface area contributed by atoms with Crippen LogP contribution in [0.5, 0.6) is 0 Å². The second-order valence-electron chi connectivity index (χ2n) is 4.19. The second kappa shape index (κ2) is 7.23. The number of hydrogen-bond donors (Lipinski definition) is 1. The number of aromatic nitrogens is 1. The molecule has 2 unspecified atom stereocenters. The Morgan fingerprint density at radius 3 is 2.74 bits per heavy atom. The fourth-order valence-electron chi connectivity index (χ4n) is 1.56. The van der Waals surface area contributed by atoms with Crippen molar-refractivity contribution < 1.29 is 14.3 Å². The van der Waals surface area contributed by atoms with Crippen molar-refractivity contribution in [2.24, 2.45) is 5.92 Å². The lowest BCUT2D eigenvalue weighted by Gasteiger charge is -2.21. The van der Waals surface area contributed by atoms with Crippen molar-refractivity contribution >= 4 is 27.8 Å². The summed E-state index contributed by atoms with van der Waals surface area (Å²) in [5, 5.41) is 2.67. The van der Waals surface area contributed by atoms with Gasteiger partial charge in [0.25, 0.3) is 5.91 Å². The van der Waals surface area contributed by atoms with E-state index in [9.17, 15) is 9.59 Å². The fraction of sp³-hybridized carbons (Fsp3) is 0.462. The van der Waals surface area contributed by atoms with Crippen molar-refractivity contribution in [3.8, 4) is 0 Å². The number of methoxy groups -OCH3 is 1. The summed E-state index contributed by atoms with van der Waals surface area (Å²) in [7, 11) is 1.31. The second-order valence-corrected chi connectivity index (χ2v) is 5.05. The molecule has 6 heteroatoms. The molecule has 1 amide bonds. The van der Waals surface area contributed by atoms with Crippen molar-refractivity contribution in [2.75, 3.05) is 7.11 Å². The third kappa shape index (κ3) is 4.02. The van der Waals surface area contributed by atoms with Crippen molar-refractivity contribution in [3.05, 3.63) is 28.5 Å². The van der Waals surface area contributed by atoms with Gasteiger partial charge in [0, 0.05) is 10.7 Å². The van der Waals surface area contributed by atoms with Crippen LogP contribution in [0.4, 0.5) is 0 Å². The maximum Gasteiger partial charge on any atom is 0.328 e. The van der Waals surface area contributed by atoms with Gasteiger partial charge in [0.15, 0.2) is 0 Å². The summed E-state index contributed by atoms with van der Waals surface area (Å²) >= 11 is 3.26. The predicted octanol–water partition coefficient (Wildman–Crippen LogP) is 2.16. The van der Waals surface area contributed by atoms with Gasteiger partial charge in [0.2, 0.25) is 0 Å². The number of pyridine rings is 1. The number of ether oxygens (including phenoxy) is 1. The van der Waals surface area contributed by atoms with Crippen LogP contribution < -0.4 is 5.32 Å². The first-order chi connectivity index (χ1) is 9.01. The Morgan fingerprint density at radius 1 is 1.53 bits per heavy atom. The molecule has 1 heterocycles. The minimum atomic E-state index is -0.670. The van der Waals surface area contributed by atoms with Crippen molar-refractivity contribution in [2.45, 2.75) is 26.3 Å². The molecule has 0 aliphatic heterocycles. The lowest BCUT2D eigenvalue weighted by atomic mass is 9.99. The van der Waals surface area contributed by atoms with E-state index in [-0.39, 0.29) is 11.6 Å². The summed E-state index contributed by atoms with van der Waals surface area (Å²) in [6.07, 6.45) is 2.28. The summed E-state index contributed by atoms with van der Waals surface area (Å²) < 4.78 is 5.30. The number of amides is 1. The molecule has 0 bridgehead atoms. The Hall–Kier alpha value is -1.43. The number of nitrogens with zero attached hydrogens (tertiary/aromatic N) is 1. The molecule has 0 saturated carbocycles. The average Bonchev–Trinajstić information content (AvgIpc) is 2.43. The minimum Gasteiger partial charge on any atom is -0.467 e. The highest BCUT2D eigenvalue weighted by molar-refractivity contribution is 9.10. The van der Waals surface area contributed by atoms with Gasteiger partial charge in [0.1, 0.15) is 11.7 Å². The number of rotatable bonds is 5. The van der Waals surface area contributed by atoms with Crippen LogP contribution in [0.3, 0.4) is 0 Å². The molecule has 1 aromatic rings. The highest BCUT2D eigenvalue weighted by Gasteiger charge is 2.27. The van der Waals surface area contributed by atoms with Crippen LogP contribution in [0, 0.1) is 5.92 Å². The van der Waals surface area contributed by atoms with E-state index in [4.69, 9.17) is 4.74 Å². The van der Waals surface area contributed by atoms with Crippen molar-refractivity contribution in [1.29, 1.82) is 0 Å². The van der Waals surface area contributed by atoms with Gasteiger partial charge < -0.3 is 10.1 Å². The molecule has 1 aromatic heterocycles. The summed E-state index contributed by atoms with van der Waals surface area (Å²) in [5.41, 5.74) is 0.250. The number of carbonyl (C=O) groups excluding carboxylic acids is 2. The van der Waals surface area contributed by atoms with Gasteiger partial charge in [-0.2, -0.15) is 0 Å². The summed E-state index contributed by atoms with van der Waals surface area (Å²) in [5.74, 6) is -0.864. The molecule has 0 aliphatic rings. The third-order valence-corrected chi connectivity index (χ3v) is 3.57. The van der Waals surface area contributed by atoms with Gasteiger partial charge in [-0.3, -0.25) is 4.79 Å². The third-order valence-electron chi connectivity index (χ3n) is 2.93. The van der Waals surface area contributed by atoms with Crippen molar-refractivity contribution in [1.82, 2.24) is 10.3 Å². The molecule has 1 N–H and O–H groups in total. The molecule has 0 radical (unpaired) electrons. The zero-order valence-electron chi connectivity index (χ0n) is 11.1. The average molecular weight is 329 g/mol. The molecule has 5 nitrogen and oxygen atoms in total. The molecular weight excluding hydrogens is 312 g/mol. The van der Waals surface area contributed by atoms with E-state index in [0.29, 0.717) is 4.47 Å². The molecule has 19 heavy (non-hydrogen) atoms. The van der Waals surface area contributed by atoms with Gasteiger partial charge in [-0.05, 0) is 34.0 Å². The molecule has 0 saturated heterocycles. The summed E-state index contributed by atoms with van der Waals surface area (Å²) in [4.78, 5) is 27.8. The molecule has 2 atom stereocenters. The van der Waals surface area contributed by atoms with E-state index >= 15 is 0 Å². The Kier molecular flexibility index (Phi) is 5.95. The molecule has 0 fully saturated rings. The Balaban J connectivity index is 2.88. The van der Waals surface area contributed by atoms with Crippen LogP contribution in [0.25, 0.3) is 0 Å². The molecule has 1 rings (SSSR count). The van der Waals surface area contributed by atoms with Crippen LogP contribution >= 0.6 is 15.9 Å². The first-order valence-corrected chi connectivity index (χ1v) is 6.79. The first kappa shape index (κ1) is 15.6. The number of carbonyl (C=O) groups is 2. The fourth-order valence-corrected chi connectivity index (χ4v) is 1.99. The van der Waals surface area contributed by atoms with E-state index in [0.717, 1.165) is 6.42 Å². The van der Waals surface area contributed by atoms with Crippen molar-refractivity contribution in [3.63, 3.8) is 0 Å². The number of halogens is 1. The van der Waals surface area contributed by atoms with E-state index in [2.05, 4.69) is 26.2 Å².